The van der Waals surface area contributed by atoms with Crippen LogP contribution in [-0.4, -0.2) is 7.11 Å². The monoisotopic (exact) mass is 336 g/mol. The molecule has 98 valence electrons. The largest absolute Gasteiger partial charge is 0.496 e. The highest BCUT2D eigenvalue weighted by Crippen LogP contribution is 2.40. The van der Waals surface area contributed by atoms with Crippen molar-refractivity contribution in [2.75, 3.05) is 12.8 Å². The van der Waals surface area contributed by atoms with E-state index in [4.69, 9.17) is 15.7 Å². The number of hydrogen-bond donors (Lipinski definition) is 1. The lowest BCUT2D eigenvalue weighted by Gasteiger charge is -2.07. The van der Waals surface area contributed by atoms with E-state index in [1.807, 2.05) is 25.1 Å². The number of nitrogens with zero attached hydrogens (tertiary/aromatic N) is 1. The highest BCUT2D eigenvalue weighted by molar-refractivity contribution is 9.10. The van der Waals surface area contributed by atoms with E-state index in [1.165, 1.54) is 11.3 Å². The molecule has 0 radical (unpaired) electrons. The van der Waals surface area contributed by atoms with Crippen LogP contribution >= 0.6 is 27.3 Å². The Morgan fingerprint density at radius 2 is 2.21 bits per heavy atom. The van der Waals surface area contributed by atoms with E-state index in [0.717, 1.165) is 32.6 Å². The minimum Gasteiger partial charge on any atom is -0.496 e. The van der Waals surface area contributed by atoms with Crippen molar-refractivity contribution in [3.8, 4) is 22.3 Å². The van der Waals surface area contributed by atoms with E-state index in [1.54, 1.807) is 7.11 Å². The lowest BCUT2D eigenvalue weighted by molar-refractivity contribution is 0.412. The Labute approximate surface area is 124 Å². The number of benzene rings is 1. The molecule has 0 aliphatic rings. The molecule has 0 aliphatic heterocycles. The zero-order valence-electron chi connectivity index (χ0n) is 10.7. The Bertz CT molecular complexity index is 658. The average Bonchev–Trinajstić information content (AvgIpc) is 2.74. The highest BCUT2D eigenvalue weighted by Gasteiger charge is 2.16. The lowest BCUT2D eigenvalue weighted by Crippen LogP contribution is -1.91. The van der Waals surface area contributed by atoms with Crippen molar-refractivity contribution in [2.24, 2.45) is 0 Å². The van der Waals surface area contributed by atoms with Crippen molar-refractivity contribution in [1.29, 1.82) is 5.26 Å². The maximum absolute atomic E-state index is 9.09. The molecule has 2 rings (SSSR count). The number of ether oxygens (including phenoxy) is 1. The summed E-state index contributed by atoms with van der Waals surface area (Å²) in [7, 11) is 1.63. The zero-order chi connectivity index (χ0) is 14.0. The quantitative estimate of drug-likeness (QED) is 0.913. The number of halogens is 1. The Hall–Kier alpha value is -1.51. The molecule has 0 spiro atoms. The Balaban J connectivity index is 2.59. The third-order valence-corrected chi connectivity index (χ3v) is 4.74. The molecule has 0 atom stereocenters. The first-order valence-electron chi connectivity index (χ1n) is 5.77. The van der Waals surface area contributed by atoms with Crippen molar-refractivity contribution in [1.82, 2.24) is 0 Å². The molecule has 0 saturated heterocycles. The summed E-state index contributed by atoms with van der Waals surface area (Å²) in [5, 5.41) is 9.09. The van der Waals surface area contributed by atoms with Crippen molar-refractivity contribution in [3.05, 3.63) is 33.1 Å². The molecule has 19 heavy (non-hydrogen) atoms. The fourth-order valence-corrected chi connectivity index (χ4v) is 3.60. The Kier molecular flexibility index (Phi) is 4.13. The van der Waals surface area contributed by atoms with Gasteiger partial charge in [-0.3, -0.25) is 0 Å². The fraction of sp³-hybridized carbons (Fsp3) is 0.214. The molecule has 3 nitrogen and oxygen atoms in total. The van der Waals surface area contributed by atoms with Gasteiger partial charge in [0.1, 0.15) is 16.7 Å². The first-order chi connectivity index (χ1) is 9.12. The van der Waals surface area contributed by atoms with Crippen LogP contribution in [0.2, 0.25) is 0 Å². The summed E-state index contributed by atoms with van der Waals surface area (Å²) in [4.78, 5) is 1.64. The Morgan fingerprint density at radius 1 is 1.47 bits per heavy atom. The second kappa shape index (κ2) is 5.64. The van der Waals surface area contributed by atoms with Crippen molar-refractivity contribution in [2.45, 2.75) is 13.3 Å². The molecule has 1 heterocycles. The molecular formula is C14H13BrN2OS. The number of rotatable bonds is 3. The molecule has 0 saturated carbocycles. The predicted molar refractivity (Wildman–Crippen MR) is 82.5 cm³/mol. The number of anilines is 1. The summed E-state index contributed by atoms with van der Waals surface area (Å²) >= 11 is 4.92. The van der Waals surface area contributed by atoms with E-state index >= 15 is 0 Å². The van der Waals surface area contributed by atoms with Gasteiger partial charge in [-0.2, -0.15) is 5.26 Å². The topological polar surface area (TPSA) is 59.0 Å². The van der Waals surface area contributed by atoms with Gasteiger partial charge >= 0.3 is 0 Å². The summed E-state index contributed by atoms with van der Waals surface area (Å²) in [6.07, 6.45) is 0.809. The molecule has 5 heteroatoms. The van der Waals surface area contributed by atoms with Crippen molar-refractivity contribution in [3.63, 3.8) is 0 Å². The molecule has 2 N–H and O–H groups in total. The van der Waals surface area contributed by atoms with Gasteiger partial charge in [0.2, 0.25) is 0 Å². The van der Waals surface area contributed by atoms with Crippen LogP contribution in [-0.2, 0) is 6.42 Å². The molecule has 0 unspecified atom stereocenters. The van der Waals surface area contributed by atoms with E-state index in [0.29, 0.717) is 10.6 Å². The van der Waals surface area contributed by atoms with Gasteiger partial charge in [-0.05, 0) is 51.7 Å². The second-order valence-corrected chi connectivity index (χ2v) is 5.84. The van der Waals surface area contributed by atoms with Crippen molar-refractivity contribution < 1.29 is 4.74 Å². The molecule has 1 aromatic carbocycles. The predicted octanol–water partition coefficient (Wildman–Crippen LogP) is 4.20. The van der Waals surface area contributed by atoms with Crippen LogP contribution in [0.1, 0.15) is 17.4 Å². The molecule has 0 amide bonds. The molecule has 0 bridgehead atoms. The minimum absolute atomic E-state index is 0.582. The molecule has 1 aromatic heterocycles. The van der Waals surface area contributed by atoms with E-state index in [9.17, 15) is 0 Å². The first-order valence-corrected chi connectivity index (χ1v) is 7.38. The lowest BCUT2D eigenvalue weighted by atomic mass is 10.1. The summed E-state index contributed by atoms with van der Waals surface area (Å²) in [5.41, 5.74) is 8.70. The fourth-order valence-electron chi connectivity index (χ4n) is 1.95. The van der Waals surface area contributed by atoms with Gasteiger partial charge in [0.05, 0.1) is 17.3 Å². The normalized spacial score (nSPS) is 10.2. The molecule has 2 aromatic rings. The minimum atomic E-state index is 0.582. The number of methoxy groups -OCH3 is 1. The SMILES string of the molecule is CCc1c(-c2ccc(OC)c(Br)c2)sc(C#N)c1N. The third kappa shape index (κ3) is 2.46. The van der Waals surface area contributed by atoms with Gasteiger partial charge < -0.3 is 10.5 Å². The van der Waals surface area contributed by atoms with Crippen LogP contribution in [0.15, 0.2) is 22.7 Å². The second-order valence-electron chi connectivity index (χ2n) is 3.97. The molecular weight excluding hydrogens is 324 g/mol. The Morgan fingerprint density at radius 3 is 2.74 bits per heavy atom. The van der Waals surface area contributed by atoms with Crippen LogP contribution < -0.4 is 10.5 Å². The van der Waals surface area contributed by atoms with Gasteiger partial charge in [0.25, 0.3) is 0 Å². The van der Waals surface area contributed by atoms with Crippen LogP contribution in [0, 0.1) is 11.3 Å². The van der Waals surface area contributed by atoms with Gasteiger partial charge in [-0.25, -0.2) is 0 Å². The highest BCUT2D eigenvalue weighted by atomic mass is 79.9. The van der Waals surface area contributed by atoms with Gasteiger partial charge in [0.15, 0.2) is 0 Å². The van der Waals surface area contributed by atoms with Gasteiger partial charge in [0, 0.05) is 4.88 Å². The zero-order valence-corrected chi connectivity index (χ0v) is 13.1. The van der Waals surface area contributed by atoms with E-state index in [2.05, 4.69) is 22.0 Å². The smallest absolute Gasteiger partial charge is 0.133 e. The van der Waals surface area contributed by atoms with Crippen molar-refractivity contribution >= 4 is 33.0 Å². The number of nitrogen functional groups attached to an aromatic ring is 1. The third-order valence-electron chi connectivity index (χ3n) is 2.92. The van der Waals surface area contributed by atoms with E-state index in [-0.39, 0.29) is 0 Å². The summed E-state index contributed by atoms with van der Waals surface area (Å²) in [6, 6.07) is 8.03. The maximum Gasteiger partial charge on any atom is 0.133 e. The van der Waals surface area contributed by atoms with Gasteiger partial charge in [-0.15, -0.1) is 11.3 Å². The number of hydrogen-bond acceptors (Lipinski definition) is 4. The standard InChI is InChI=1S/C14H13BrN2OS/c1-3-9-13(17)12(7-16)19-14(9)8-4-5-11(18-2)10(15)6-8/h4-6H,3,17H2,1-2H3. The summed E-state index contributed by atoms with van der Waals surface area (Å²) in [5.74, 6) is 0.784. The molecule has 0 aliphatic carbocycles. The van der Waals surface area contributed by atoms with Gasteiger partial charge in [-0.1, -0.05) is 6.92 Å². The first kappa shape index (κ1) is 13.9. The summed E-state index contributed by atoms with van der Waals surface area (Å²) in [6.45, 7) is 2.04. The molecule has 0 fully saturated rings. The number of thiophene rings is 1. The number of nitriles is 1. The summed E-state index contributed by atoms with van der Waals surface area (Å²) < 4.78 is 6.11. The van der Waals surface area contributed by atoms with Crippen LogP contribution in [0.4, 0.5) is 5.69 Å². The van der Waals surface area contributed by atoms with Crippen LogP contribution in [0.3, 0.4) is 0 Å². The van der Waals surface area contributed by atoms with Crippen LogP contribution in [0.5, 0.6) is 5.75 Å². The van der Waals surface area contributed by atoms with E-state index < -0.39 is 0 Å². The number of nitrogens with two attached hydrogens (primary N) is 1. The van der Waals surface area contributed by atoms with Crippen LogP contribution in [0.25, 0.3) is 10.4 Å². The average molecular weight is 337 g/mol. The maximum atomic E-state index is 9.09.